The molecule has 17 heavy (non-hydrogen) atoms. The van der Waals surface area contributed by atoms with Crippen LogP contribution in [0.25, 0.3) is 6.08 Å². The molecular formula is C17H24. The quantitative estimate of drug-likeness (QED) is 0.649. The van der Waals surface area contributed by atoms with Crippen molar-refractivity contribution in [3.63, 3.8) is 0 Å². The summed E-state index contributed by atoms with van der Waals surface area (Å²) in [5.41, 5.74) is 2.78. The lowest BCUT2D eigenvalue weighted by Crippen LogP contribution is -2.02. The molecule has 1 aromatic rings. The number of benzene rings is 1. The maximum absolute atomic E-state index is 2.42. The third kappa shape index (κ3) is 3.73. The predicted octanol–water partition coefficient (Wildman–Crippen LogP) is 5.40. The van der Waals surface area contributed by atoms with Gasteiger partial charge in [0.1, 0.15) is 0 Å². The minimum Gasteiger partial charge on any atom is -0.0808 e. The second-order valence-corrected chi connectivity index (χ2v) is 5.58. The Morgan fingerprint density at radius 2 is 1.65 bits per heavy atom. The monoisotopic (exact) mass is 228 g/mol. The van der Waals surface area contributed by atoms with Gasteiger partial charge in [-0.1, -0.05) is 69.5 Å². The predicted molar refractivity (Wildman–Crippen MR) is 76.1 cm³/mol. The molecule has 0 atom stereocenters. The topological polar surface area (TPSA) is 0 Å². The van der Waals surface area contributed by atoms with Crippen LogP contribution in [0.1, 0.15) is 63.0 Å². The Morgan fingerprint density at radius 1 is 1.00 bits per heavy atom. The van der Waals surface area contributed by atoms with E-state index in [-0.39, 0.29) is 0 Å². The Labute approximate surface area is 106 Å². The highest BCUT2D eigenvalue weighted by Crippen LogP contribution is 2.25. The molecule has 1 saturated carbocycles. The maximum atomic E-state index is 2.42. The smallest absolute Gasteiger partial charge is 0.0219 e. The zero-order chi connectivity index (χ0) is 12.1. The normalized spacial score (nSPS) is 18.1. The van der Waals surface area contributed by atoms with Gasteiger partial charge in [-0.15, -0.1) is 0 Å². The summed E-state index contributed by atoms with van der Waals surface area (Å²) in [5, 5.41) is 0. The minimum absolute atomic E-state index is 0.631. The summed E-state index contributed by atoms with van der Waals surface area (Å²) < 4.78 is 0. The van der Waals surface area contributed by atoms with Crippen molar-refractivity contribution < 1.29 is 0 Å². The number of hydrogen-bond donors (Lipinski definition) is 0. The average Bonchev–Trinajstić information content (AvgIpc) is 2.38. The molecule has 0 aliphatic heterocycles. The third-order valence-electron chi connectivity index (χ3n) is 3.81. The second-order valence-electron chi connectivity index (χ2n) is 5.58. The summed E-state index contributed by atoms with van der Waals surface area (Å²) >= 11 is 0. The van der Waals surface area contributed by atoms with Gasteiger partial charge in [0.2, 0.25) is 0 Å². The van der Waals surface area contributed by atoms with Crippen molar-refractivity contribution in [3.05, 3.63) is 41.5 Å². The molecule has 0 saturated heterocycles. The van der Waals surface area contributed by atoms with E-state index in [2.05, 4.69) is 50.3 Å². The Bertz CT molecular complexity index is 350. The highest BCUT2D eigenvalue weighted by Gasteiger charge is 2.09. The van der Waals surface area contributed by atoms with E-state index in [1.54, 1.807) is 0 Å². The number of hydrogen-bond acceptors (Lipinski definition) is 0. The molecule has 0 amide bonds. The van der Waals surface area contributed by atoms with Crippen LogP contribution in [-0.4, -0.2) is 0 Å². The first-order valence-corrected chi connectivity index (χ1v) is 7.04. The molecule has 92 valence electrons. The van der Waals surface area contributed by atoms with Crippen LogP contribution in [0.4, 0.5) is 0 Å². The van der Waals surface area contributed by atoms with E-state index in [0.717, 1.165) is 5.92 Å². The van der Waals surface area contributed by atoms with Gasteiger partial charge in [-0.3, -0.25) is 0 Å². The summed E-state index contributed by atoms with van der Waals surface area (Å²) in [5.74, 6) is 1.46. The van der Waals surface area contributed by atoms with Gasteiger partial charge in [0.25, 0.3) is 0 Å². The lowest BCUT2D eigenvalue weighted by atomic mass is 9.88. The van der Waals surface area contributed by atoms with E-state index < -0.39 is 0 Å². The number of rotatable bonds is 3. The zero-order valence-electron chi connectivity index (χ0n) is 11.2. The van der Waals surface area contributed by atoms with Gasteiger partial charge in [-0.25, -0.2) is 0 Å². The first-order chi connectivity index (χ1) is 8.25. The summed E-state index contributed by atoms with van der Waals surface area (Å²) in [6.45, 7) is 4.49. The van der Waals surface area contributed by atoms with Crippen LogP contribution in [0, 0.1) is 5.92 Å². The molecule has 1 fully saturated rings. The van der Waals surface area contributed by atoms with Gasteiger partial charge in [0, 0.05) is 0 Å². The van der Waals surface area contributed by atoms with Gasteiger partial charge >= 0.3 is 0 Å². The van der Waals surface area contributed by atoms with Crippen LogP contribution in [0.15, 0.2) is 30.3 Å². The van der Waals surface area contributed by atoms with Crippen LogP contribution in [0.5, 0.6) is 0 Å². The fraction of sp³-hybridized carbons (Fsp3) is 0.529. The molecule has 0 heterocycles. The van der Waals surface area contributed by atoms with Crippen LogP contribution in [-0.2, 0) is 0 Å². The van der Waals surface area contributed by atoms with Crippen molar-refractivity contribution >= 4 is 6.08 Å². The van der Waals surface area contributed by atoms with E-state index >= 15 is 0 Å². The molecule has 1 aromatic carbocycles. The van der Waals surface area contributed by atoms with Crippen molar-refractivity contribution in [2.45, 2.75) is 51.9 Å². The van der Waals surface area contributed by atoms with Gasteiger partial charge in [0.15, 0.2) is 0 Å². The fourth-order valence-electron chi connectivity index (χ4n) is 2.57. The minimum atomic E-state index is 0.631. The maximum Gasteiger partial charge on any atom is -0.0219 e. The number of allylic oxidation sites excluding steroid dienone is 1. The van der Waals surface area contributed by atoms with Crippen LogP contribution in [0.3, 0.4) is 0 Å². The van der Waals surface area contributed by atoms with Gasteiger partial charge in [-0.2, -0.15) is 0 Å². The summed E-state index contributed by atoms with van der Waals surface area (Å²) in [4.78, 5) is 0. The Morgan fingerprint density at radius 3 is 2.24 bits per heavy atom. The molecule has 1 aliphatic carbocycles. The SMILES string of the molecule is CC(C)c1ccc(/C=C/C2CCCCC2)cc1. The molecule has 0 spiro atoms. The molecule has 0 radical (unpaired) electrons. The molecule has 2 rings (SSSR count). The molecule has 0 bridgehead atoms. The molecular weight excluding hydrogens is 204 g/mol. The van der Waals surface area contributed by atoms with Crippen LogP contribution in [0.2, 0.25) is 0 Å². The second kappa shape index (κ2) is 6.05. The largest absolute Gasteiger partial charge is 0.0808 e. The first kappa shape index (κ1) is 12.4. The van der Waals surface area contributed by atoms with Crippen molar-refractivity contribution in [2.24, 2.45) is 5.92 Å². The summed E-state index contributed by atoms with van der Waals surface area (Å²) in [6, 6.07) is 9.00. The van der Waals surface area contributed by atoms with Crippen molar-refractivity contribution in [1.29, 1.82) is 0 Å². The molecule has 0 unspecified atom stereocenters. The van der Waals surface area contributed by atoms with E-state index in [1.807, 2.05) is 0 Å². The molecule has 1 aliphatic rings. The summed E-state index contributed by atoms with van der Waals surface area (Å²) in [6.07, 6.45) is 11.8. The van der Waals surface area contributed by atoms with E-state index in [0.29, 0.717) is 5.92 Å². The first-order valence-electron chi connectivity index (χ1n) is 7.04. The highest BCUT2D eigenvalue weighted by molar-refractivity contribution is 5.50. The lowest BCUT2D eigenvalue weighted by molar-refractivity contribution is 0.420. The van der Waals surface area contributed by atoms with Crippen LogP contribution < -0.4 is 0 Å². The van der Waals surface area contributed by atoms with Crippen molar-refractivity contribution in [2.75, 3.05) is 0 Å². The highest BCUT2D eigenvalue weighted by atomic mass is 14.1. The Kier molecular flexibility index (Phi) is 4.42. The zero-order valence-corrected chi connectivity index (χ0v) is 11.2. The van der Waals surface area contributed by atoms with E-state index in [1.165, 1.54) is 43.2 Å². The average molecular weight is 228 g/mol. The lowest BCUT2D eigenvalue weighted by Gasteiger charge is -2.17. The molecule has 0 aromatic heterocycles. The molecule has 0 nitrogen and oxygen atoms in total. The van der Waals surface area contributed by atoms with E-state index in [9.17, 15) is 0 Å². The van der Waals surface area contributed by atoms with Gasteiger partial charge in [-0.05, 0) is 35.8 Å². The van der Waals surface area contributed by atoms with Crippen LogP contribution >= 0.6 is 0 Å². The Balaban J connectivity index is 1.95. The van der Waals surface area contributed by atoms with Gasteiger partial charge < -0.3 is 0 Å². The van der Waals surface area contributed by atoms with Crippen molar-refractivity contribution in [3.8, 4) is 0 Å². The molecule has 0 heteroatoms. The summed E-state index contributed by atoms with van der Waals surface area (Å²) in [7, 11) is 0. The standard InChI is InChI=1S/C17H24/c1-14(2)17-12-10-16(11-13-17)9-8-15-6-4-3-5-7-15/h8-15H,3-7H2,1-2H3/b9-8+. The van der Waals surface area contributed by atoms with E-state index in [4.69, 9.17) is 0 Å². The Hall–Kier alpha value is -1.04. The molecule has 0 N–H and O–H groups in total. The third-order valence-corrected chi connectivity index (χ3v) is 3.81. The van der Waals surface area contributed by atoms with Gasteiger partial charge in [0.05, 0.1) is 0 Å². The van der Waals surface area contributed by atoms with Crippen molar-refractivity contribution in [1.82, 2.24) is 0 Å². The fourth-order valence-corrected chi connectivity index (χ4v) is 2.57.